The van der Waals surface area contributed by atoms with Gasteiger partial charge in [0.05, 0.1) is 22.6 Å². The highest BCUT2D eigenvalue weighted by Gasteiger charge is 2.35. The summed E-state index contributed by atoms with van der Waals surface area (Å²) in [4.78, 5) is 32.6. The number of aryl methyl sites for hydroxylation is 1. The highest BCUT2D eigenvalue weighted by Crippen LogP contribution is 2.36. The molecular weight excluding hydrogens is 521 g/mol. The van der Waals surface area contributed by atoms with Gasteiger partial charge in [0.15, 0.2) is 5.82 Å². The molecule has 0 radical (unpaired) electrons. The number of carbonyl (C=O) groups excluding carboxylic acids is 1. The number of H-pyrrole nitrogens is 1. The third-order valence-corrected chi connectivity index (χ3v) is 5.83. The molecule has 5 N–H and O–H groups in total. The Kier molecular flexibility index (Phi) is 7.62. The number of halogens is 4. The van der Waals surface area contributed by atoms with E-state index in [2.05, 4.69) is 35.6 Å². The Bertz CT molecular complexity index is 1520. The second kappa shape index (κ2) is 10.9. The first-order valence-electron chi connectivity index (χ1n) is 11.3. The van der Waals surface area contributed by atoms with E-state index < -0.39 is 28.4 Å². The number of alkyl halides is 3. The molecule has 0 aliphatic heterocycles. The first-order chi connectivity index (χ1) is 18.1. The molecule has 3 heterocycles. The summed E-state index contributed by atoms with van der Waals surface area (Å²) in [6.45, 7) is 4.21. The van der Waals surface area contributed by atoms with Crippen LogP contribution in [0.3, 0.4) is 0 Å². The van der Waals surface area contributed by atoms with Crippen LogP contribution in [0, 0.1) is 6.92 Å². The van der Waals surface area contributed by atoms with Crippen LogP contribution in [-0.2, 0) is 6.18 Å². The van der Waals surface area contributed by atoms with Gasteiger partial charge in [0.1, 0.15) is 17.2 Å². The Morgan fingerprint density at radius 1 is 1.16 bits per heavy atom. The Balaban J connectivity index is 1.64. The first-order valence-corrected chi connectivity index (χ1v) is 11.7. The molecule has 9 nitrogen and oxygen atoms in total. The number of aliphatic imine (C=N–C) groups is 1. The number of rotatable bonds is 7. The second-order valence-electron chi connectivity index (χ2n) is 8.01. The lowest BCUT2D eigenvalue weighted by molar-refractivity contribution is -0.137. The monoisotopic (exact) mass is 542 g/mol. The molecule has 3 aromatic heterocycles. The second-order valence-corrected chi connectivity index (χ2v) is 8.39. The number of hydrogen-bond donors (Lipinski definition) is 4. The number of nitrogens with zero attached hydrogens (tertiary/aromatic N) is 4. The van der Waals surface area contributed by atoms with Crippen molar-refractivity contribution in [2.24, 2.45) is 4.99 Å². The summed E-state index contributed by atoms with van der Waals surface area (Å²) in [6, 6.07) is 9.25. The Morgan fingerprint density at radius 2 is 1.95 bits per heavy atom. The quantitative estimate of drug-likeness (QED) is 0.224. The van der Waals surface area contributed by atoms with E-state index in [4.69, 9.17) is 17.3 Å². The molecule has 0 saturated carbocycles. The third kappa shape index (κ3) is 5.59. The number of imidazole rings is 1. The summed E-state index contributed by atoms with van der Waals surface area (Å²) >= 11 is 5.85. The van der Waals surface area contributed by atoms with Crippen LogP contribution < -0.4 is 16.4 Å². The topological polar surface area (TPSA) is 134 Å². The molecule has 1 aromatic carbocycles. The molecule has 13 heteroatoms. The molecule has 0 saturated heterocycles. The molecule has 4 rings (SSSR count). The predicted molar refractivity (Wildman–Crippen MR) is 140 cm³/mol. The average Bonchev–Trinajstić information content (AvgIpc) is 3.30. The molecule has 0 aliphatic carbocycles. The van der Waals surface area contributed by atoms with Crippen LogP contribution in [0.15, 0.2) is 60.1 Å². The van der Waals surface area contributed by atoms with E-state index >= 15 is 0 Å². The van der Waals surface area contributed by atoms with Crippen molar-refractivity contribution in [3.63, 3.8) is 0 Å². The van der Waals surface area contributed by atoms with Gasteiger partial charge in [0.2, 0.25) is 0 Å². The zero-order valence-electron chi connectivity index (χ0n) is 20.2. The van der Waals surface area contributed by atoms with Crippen molar-refractivity contribution in [2.75, 3.05) is 22.9 Å². The Hall–Kier alpha value is -4.45. The van der Waals surface area contributed by atoms with Crippen LogP contribution in [0.25, 0.3) is 0 Å². The largest absolute Gasteiger partial charge is 0.417 e. The number of amides is 1. The van der Waals surface area contributed by atoms with E-state index in [-0.39, 0.29) is 5.82 Å². The average molecular weight is 543 g/mol. The summed E-state index contributed by atoms with van der Waals surface area (Å²) in [5.41, 5.74) is 7.78. The molecule has 38 heavy (non-hydrogen) atoms. The number of carbonyl (C=O) groups is 1. The fourth-order valence-electron chi connectivity index (χ4n) is 3.62. The molecular formula is C25H22ClF3N8O. The van der Waals surface area contributed by atoms with Gasteiger partial charge in [-0.3, -0.25) is 9.79 Å². The molecule has 0 bridgehead atoms. The van der Waals surface area contributed by atoms with Crippen molar-refractivity contribution >= 4 is 46.2 Å². The number of pyridine rings is 2. The van der Waals surface area contributed by atoms with Gasteiger partial charge in [0, 0.05) is 35.9 Å². The molecule has 0 unspecified atom stereocenters. The number of nitrogens with two attached hydrogens (primary N) is 1. The highest BCUT2D eigenvalue weighted by atomic mass is 35.5. The predicted octanol–water partition coefficient (Wildman–Crippen LogP) is 5.62. The summed E-state index contributed by atoms with van der Waals surface area (Å²) in [7, 11) is 0. The van der Waals surface area contributed by atoms with Crippen molar-refractivity contribution in [2.45, 2.75) is 20.0 Å². The third-order valence-electron chi connectivity index (χ3n) is 5.44. The van der Waals surface area contributed by atoms with Gasteiger partial charge < -0.3 is 21.4 Å². The Labute approximate surface area is 220 Å². The Morgan fingerprint density at radius 3 is 2.63 bits per heavy atom. The molecule has 0 fully saturated rings. The number of nitrogen functional groups attached to an aromatic ring is 1. The van der Waals surface area contributed by atoms with Gasteiger partial charge >= 0.3 is 6.18 Å². The van der Waals surface area contributed by atoms with Crippen LogP contribution >= 0.6 is 11.6 Å². The minimum absolute atomic E-state index is 0.287. The van der Waals surface area contributed by atoms with Crippen molar-refractivity contribution in [3.05, 3.63) is 88.2 Å². The lowest BCUT2D eigenvalue weighted by atomic mass is 10.1. The van der Waals surface area contributed by atoms with Gasteiger partial charge in [0.25, 0.3) is 5.91 Å². The molecule has 0 spiro atoms. The number of nitrogens with one attached hydrogen (secondary N) is 3. The zero-order valence-corrected chi connectivity index (χ0v) is 20.9. The number of benzene rings is 1. The van der Waals surface area contributed by atoms with Gasteiger partial charge in [-0.2, -0.15) is 13.2 Å². The summed E-state index contributed by atoms with van der Waals surface area (Å²) in [6.07, 6.45) is -0.761. The smallest absolute Gasteiger partial charge is 0.382 e. The van der Waals surface area contributed by atoms with Crippen LogP contribution in [0.1, 0.15) is 39.8 Å². The SMILES string of the molecule is CCN=C(c1cccnc1Nc1cc(NC(=O)c2nccc(C(F)(F)F)c2Cl)ccc1C)c1[nH]cnc1N. The lowest BCUT2D eigenvalue weighted by Gasteiger charge is -2.16. The van der Waals surface area contributed by atoms with E-state index in [1.807, 2.05) is 19.9 Å². The fraction of sp³-hybridized carbons (Fsp3) is 0.160. The van der Waals surface area contributed by atoms with Crippen LogP contribution in [0.5, 0.6) is 0 Å². The van der Waals surface area contributed by atoms with E-state index in [0.717, 1.165) is 11.8 Å². The van der Waals surface area contributed by atoms with E-state index in [0.29, 0.717) is 46.8 Å². The van der Waals surface area contributed by atoms with Crippen molar-refractivity contribution in [3.8, 4) is 0 Å². The lowest BCUT2D eigenvalue weighted by Crippen LogP contribution is -2.17. The van der Waals surface area contributed by atoms with Gasteiger partial charge in [-0.25, -0.2) is 15.0 Å². The van der Waals surface area contributed by atoms with Crippen LogP contribution in [0.4, 0.5) is 36.2 Å². The van der Waals surface area contributed by atoms with Crippen molar-refractivity contribution in [1.82, 2.24) is 19.9 Å². The first kappa shape index (κ1) is 26.6. The molecule has 1 amide bonds. The zero-order chi connectivity index (χ0) is 27.4. The number of aromatic amines is 1. The maximum absolute atomic E-state index is 13.2. The maximum atomic E-state index is 13.2. The number of aromatic nitrogens is 4. The normalized spacial score (nSPS) is 11.9. The van der Waals surface area contributed by atoms with Gasteiger partial charge in [-0.05, 0) is 49.7 Å². The highest BCUT2D eigenvalue weighted by molar-refractivity contribution is 6.34. The van der Waals surface area contributed by atoms with E-state index in [1.165, 1.54) is 6.33 Å². The molecule has 0 atom stereocenters. The van der Waals surface area contributed by atoms with Crippen LogP contribution in [-0.4, -0.2) is 38.1 Å². The van der Waals surface area contributed by atoms with Crippen LogP contribution in [0.2, 0.25) is 5.02 Å². The fourth-order valence-corrected chi connectivity index (χ4v) is 3.93. The van der Waals surface area contributed by atoms with Gasteiger partial charge in [-0.15, -0.1) is 0 Å². The minimum Gasteiger partial charge on any atom is -0.382 e. The van der Waals surface area contributed by atoms with Crippen molar-refractivity contribution in [1.29, 1.82) is 0 Å². The standard InChI is InChI=1S/C25H22ClF3N8O/c1-3-31-19(21-22(30)35-12-34-21)15-5-4-9-33-23(15)37-17-11-14(7-6-13(17)2)36-24(38)20-18(26)16(8-10-32-20)25(27,28)29/h4-12H,3,30H2,1-2H3,(H,33,37)(H,34,35)(H,36,38). The number of hydrogen-bond acceptors (Lipinski definition) is 7. The van der Waals surface area contributed by atoms with Crippen molar-refractivity contribution < 1.29 is 18.0 Å². The van der Waals surface area contributed by atoms with Gasteiger partial charge in [-0.1, -0.05) is 17.7 Å². The molecule has 4 aromatic rings. The summed E-state index contributed by atoms with van der Waals surface area (Å²) < 4.78 is 39.6. The minimum atomic E-state index is -4.73. The molecule has 196 valence electrons. The maximum Gasteiger partial charge on any atom is 0.417 e. The summed E-state index contributed by atoms with van der Waals surface area (Å²) in [5, 5.41) is 5.02. The number of anilines is 4. The summed E-state index contributed by atoms with van der Waals surface area (Å²) in [5.74, 6) is -0.140. The van der Waals surface area contributed by atoms with E-state index in [9.17, 15) is 18.0 Å². The van der Waals surface area contributed by atoms with E-state index in [1.54, 1.807) is 30.5 Å². The molecule has 0 aliphatic rings.